The molecule has 0 saturated heterocycles. The number of alkyl halides is 3. The molecule has 3 aromatic rings. The number of rotatable bonds is 3. The maximum Gasteiger partial charge on any atom is 0.253 e. The van der Waals surface area contributed by atoms with Gasteiger partial charge < -0.3 is 5.32 Å². The van der Waals surface area contributed by atoms with E-state index in [1.807, 2.05) is 0 Å². The summed E-state index contributed by atoms with van der Waals surface area (Å²) in [6, 6.07) is 8.56. The molecule has 0 radical (unpaired) electrons. The van der Waals surface area contributed by atoms with Gasteiger partial charge in [-0.05, 0) is 12.1 Å². The highest BCUT2D eigenvalue weighted by Gasteiger charge is 2.37. The summed E-state index contributed by atoms with van der Waals surface area (Å²) < 4.78 is -0.424. The van der Waals surface area contributed by atoms with Crippen LogP contribution in [-0.4, -0.2) is 29.2 Å². The van der Waals surface area contributed by atoms with Crippen molar-refractivity contribution in [3.8, 4) is 0 Å². The second-order valence-corrected chi connectivity index (χ2v) is 7.50. The Morgan fingerprint density at radius 3 is 2.50 bits per heavy atom. The molecule has 1 aromatic carbocycles. The topological polar surface area (TPSA) is 72.7 Å². The molecule has 3 rings (SSSR count). The third-order valence-corrected chi connectivity index (χ3v) is 4.10. The molecule has 1 atom stereocenters. The van der Waals surface area contributed by atoms with Crippen molar-refractivity contribution in [2.24, 2.45) is 0 Å². The van der Waals surface area contributed by atoms with Crippen molar-refractivity contribution in [3.05, 3.63) is 53.7 Å². The molecule has 0 spiro atoms. The molecule has 24 heavy (non-hydrogen) atoms. The summed E-state index contributed by atoms with van der Waals surface area (Å²) in [5.74, 6) is -0.408. The van der Waals surface area contributed by atoms with E-state index >= 15 is 0 Å². The van der Waals surface area contributed by atoms with E-state index in [0.29, 0.717) is 16.7 Å². The van der Waals surface area contributed by atoms with Crippen molar-refractivity contribution >= 4 is 63.5 Å². The van der Waals surface area contributed by atoms with Crippen LogP contribution < -0.4 is 5.32 Å². The first-order valence-electron chi connectivity index (χ1n) is 6.63. The van der Waals surface area contributed by atoms with Gasteiger partial charge in [0.25, 0.3) is 5.91 Å². The Morgan fingerprint density at radius 1 is 1.12 bits per heavy atom. The highest BCUT2D eigenvalue weighted by molar-refractivity contribution is 6.68. The molecule has 6 nitrogen and oxygen atoms in total. The number of amides is 1. The first kappa shape index (κ1) is 17.2. The number of halogens is 4. The molecule has 0 unspecified atom stereocenters. The fourth-order valence-electron chi connectivity index (χ4n) is 2.12. The van der Waals surface area contributed by atoms with E-state index in [4.69, 9.17) is 46.4 Å². The minimum Gasteiger partial charge on any atom is -0.328 e. The summed E-state index contributed by atoms with van der Waals surface area (Å²) in [5.41, 5.74) is 1.10. The van der Waals surface area contributed by atoms with Gasteiger partial charge in [-0.15, -0.1) is 0 Å². The third-order valence-electron chi connectivity index (χ3n) is 3.21. The quantitative estimate of drug-likeness (QED) is 0.532. The van der Waals surface area contributed by atoms with Gasteiger partial charge in [0.15, 0.2) is 17.0 Å². The molecule has 0 aliphatic carbocycles. The molecular weight excluding hydrogens is 396 g/mol. The molecular formula is C14H9Cl4N5O. The van der Waals surface area contributed by atoms with Gasteiger partial charge in [0.1, 0.15) is 11.8 Å². The summed E-state index contributed by atoms with van der Waals surface area (Å²) in [6.07, 6.45) is 1.59. The highest BCUT2D eigenvalue weighted by Crippen LogP contribution is 2.38. The molecule has 0 bridgehead atoms. The molecule has 0 aliphatic rings. The Morgan fingerprint density at radius 2 is 1.83 bits per heavy atom. The minimum atomic E-state index is -1.85. The van der Waals surface area contributed by atoms with E-state index in [9.17, 15) is 4.79 Å². The SMILES string of the molecule is O=C(N[C@H](n1cnc2c(Cl)ncnc21)C(Cl)(Cl)Cl)c1ccccc1. The van der Waals surface area contributed by atoms with Crippen molar-refractivity contribution in [2.75, 3.05) is 0 Å². The van der Waals surface area contributed by atoms with Crippen LogP contribution in [0.3, 0.4) is 0 Å². The van der Waals surface area contributed by atoms with E-state index in [-0.39, 0.29) is 5.15 Å². The van der Waals surface area contributed by atoms with E-state index < -0.39 is 15.9 Å². The highest BCUT2D eigenvalue weighted by atomic mass is 35.6. The fourth-order valence-corrected chi connectivity index (χ4v) is 2.77. The van der Waals surface area contributed by atoms with E-state index in [1.54, 1.807) is 30.3 Å². The number of fused-ring (bicyclic) bond motifs is 1. The Labute approximate surface area is 156 Å². The normalized spacial score (nSPS) is 13.0. The lowest BCUT2D eigenvalue weighted by molar-refractivity contribution is 0.0921. The number of aromatic nitrogens is 4. The molecule has 2 aromatic heterocycles. The Balaban J connectivity index is 2.01. The second-order valence-electron chi connectivity index (χ2n) is 4.77. The predicted octanol–water partition coefficient (Wildman–Crippen LogP) is 3.78. The van der Waals surface area contributed by atoms with Crippen LogP contribution in [0.1, 0.15) is 16.5 Å². The molecule has 10 heteroatoms. The van der Waals surface area contributed by atoms with Crippen molar-refractivity contribution in [3.63, 3.8) is 0 Å². The van der Waals surface area contributed by atoms with Crippen LogP contribution in [0.2, 0.25) is 5.15 Å². The number of nitrogens with zero attached hydrogens (tertiary/aromatic N) is 4. The van der Waals surface area contributed by atoms with Gasteiger partial charge in [-0.2, -0.15) is 0 Å². The lowest BCUT2D eigenvalue weighted by Crippen LogP contribution is -2.40. The van der Waals surface area contributed by atoms with Gasteiger partial charge in [-0.1, -0.05) is 64.6 Å². The van der Waals surface area contributed by atoms with Gasteiger partial charge in [-0.3, -0.25) is 9.36 Å². The van der Waals surface area contributed by atoms with Gasteiger partial charge in [0.2, 0.25) is 3.79 Å². The number of carbonyl (C=O) groups is 1. The van der Waals surface area contributed by atoms with E-state index in [1.165, 1.54) is 17.2 Å². The molecule has 0 aliphatic heterocycles. The summed E-state index contributed by atoms with van der Waals surface area (Å²) in [6.45, 7) is 0. The average Bonchev–Trinajstić information content (AvgIpc) is 2.97. The zero-order chi connectivity index (χ0) is 17.3. The maximum absolute atomic E-state index is 12.4. The lowest BCUT2D eigenvalue weighted by Gasteiger charge is -2.26. The van der Waals surface area contributed by atoms with Crippen LogP contribution in [0.25, 0.3) is 11.2 Å². The molecule has 1 amide bonds. The van der Waals surface area contributed by atoms with Crippen LogP contribution >= 0.6 is 46.4 Å². The standard InChI is InChI=1S/C14H9Cl4N5O/c15-10-9-11(20-6-19-10)23(7-21-9)13(14(16,17)18)22-12(24)8-4-2-1-3-5-8/h1-7,13H,(H,22,24)/t13-/m1/s1. The smallest absolute Gasteiger partial charge is 0.253 e. The van der Waals surface area contributed by atoms with Crippen molar-refractivity contribution in [1.82, 2.24) is 24.8 Å². The summed E-state index contributed by atoms with van der Waals surface area (Å²) in [4.78, 5) is 24.5. The number of hydrogen-bond acceptors (Lipinski definition) is 4. The molecule has 124 valence electrons. The predicted molar refractivity (Wildman–Crippen MR) is 93.6 cm³/mol. The Hall–Kier alpha value is -1.60. The van der Waals surface area contributed by atoms with Gasteiger partial charge in [0, 0.05) is 5.56 Å². The number of carbonyl (C=O) groups excluding carboxylic acids is 1. The molecule has 0 fully saturated rings. The van der Waals surface area contributed by atoms with Gasteiger partial charge in [0.05, 0.1) is 6.33 Å². The van der Waals surface area contributed by atoms with Crippen LogP contribution in [-0.2, 0) is 0 Å². The summed E-state index contributed by atoms with van der Waals surface area (Å²) in [5, 5.41) is 2.84. The fraction of sp³-hybridized carbons (Fsp3) is 0.143. The largest absolute Gasteiger partial charge is 0.328 e. The van der Waals surface area contributed by atoms with Crippen LogP contribution in [0.15, 0.2) is 43.0 Å². The second kappa shape index (κ2) is 6.72. The number of nitrogens with one attached hydrogen (secondary N) is 1. The zero-order valence-electron chi connectivity index (χ0n) is 11.8. The number of benzene rings is 1. The Kier molecular flexibility index (Phi) is 4.83. The number of hydrogen-bond donors (Lipinski definition) is 1. The van der Waals surface area contributed by atoms with Crippen LogP contribution in [0, 0.1) is 0 Å². The lowest BCUT2D eigenvalue weighted by atomic mass is 10.2. The Bertz CT molecular complexity index is 878. The molecule has 0 saturated carbocycles. The average molecular weight is 405 g/mol. The van der Waals surface area contributed by atoms with Crippen LogP contribution in [0.5, 0.6) is 0 Å². The first-order valence-corrected chi connectivity index (χ1v) is 8.15. The van der Waals surface area contributed by atoms with Crippen molar-refractivity contribution in [1.29, 1.82) is 0 Å². The summed E-state index contributed by atoms with van der Waals surface area (Å²) >= 11 is 24.1. The van der Waals surface area contributed by atoms with E-state index in [2.05, 4.69) is 20.3 Å². The van der Waals surface area contributed by atoms with Gasteiger partial charge >= 0.3 is 0 Å². The summed E-state index contributed by atoms with van der Waals surface area (Å²) in [7, 11) is 0. The number of imidazole rings is 1. The minimum absolute atomic E-state index is 0.163. The van der Waals surface area contributed by atoms with Crippen molar-refractivity contribution in [2.45, 2.75) is 9.96 Å². The van der Waals surface area contributed by atoms with Crippen molar-refractivity contribution < 1.29 is 4.79 Å². The van der Waals surface area contributed by atoms with Gasteiger partial charge in [-0.25, -0.2) is 15.0 Å². The monoisotopic (exact) mass is 403 g/mol. The zero-order valence-corrected chi connectivity index (χ0v) is 14.9. The first-order chi connectivity index (χ1) is 11.4. The molecule has 2 heterocycles. The maximum atomic E-state index is 12.4. The third kappa shape index (κ3) is 3.42. The van der Waals surface area contributed by atoms with Crippen LogP contribution in [0.4, 0.5) is 0 Å². The van der Waals surface area contributed by atoms with E-state index in [0.717, 1.165) is 0 Å². The molecule has 1 N–H and O–H groups in total.